The molecule has 2 aromatic heterocycles. The van der Waals surface area contributed by atoms with Gasteiger partial charge in [-0.2, -0.15) is 0 Å². The Hall–Kier alpha value is -2.72. The lowest BCUT2D eigenvalue weighted by molar-refractivity contribution is -0.137. The molecule has 1 saturated heterocycles. The van der Waals surface area contributed by atoms with Crippen LogP contribution in [-0.4, -0.2) is 46.9 Å². The Balaban J connectivity index is 2.07. The summed E-state index contributed by atoms with van der Waals surface area (Å²) < 4.78 is 16.3. The van der Waals surface area contributed by atoms with Crippen LogP contribution in [0.15, 0.2) is 4.52 Å². The third kappa shape index (κ3) is 5.85. The number of thiophene rings is 1. The van der Waals surface area contributed by atoms with E-state index < -0.39 is 30.1 Å². The summed E-state index contributed by atoms with van der Waals surface area (Å²) in [5.41, 5.74) is 1.88. The molecule has 1 amide bonds. The lowest BCUT2D eigenvalue weighted by atomic mass is 9.89. The van der Waals surface area contributed by atoms with Crippen LogP contribution < -0.4 is 5.32 Å². The fourth-order valence-corrected chi connectivity index (χ4v) is 5.20. The monoisotopic (exact) mass is 492 g/mol. The fraction of sp³-hybridized carbons (Fsp3) is 0.583. The highest BCUT2D eigenvalue weighted by Gasteiger charge is 2.34. The number of nitrogens with one attached hydrogen (secondary N) is 1. The zero-order valence-electron chi connectivity index (χ0n) is 20.4. The van der Waals surface area contributed by atoms with Gasteiger partial charge in [0, 0.05) is 29.6 Å². The molecule has 0 aliphatic carbocycles. The Morgan fingerprint density at radius 3 is 2.41 bits per heavy atom. The van der Waals surface area contributed by atoms with Gasteiger partial charge in [-0.1, -0.05) is 5.16 Å². The standard InChI is InChI=1S/C24H32N2O7S/c1-12-14(3)34-22(20(29)15-7-9-31-10-8-15)18(12)19-13(2)26-33-21(19)16(11-17(27)28)25-23(30)32-24(4,5)6/h15-16H,7-11H2,1-6H3,(H,25,30)(H,27,28). The van der Waals surface area contributed by atoms with Gasteiger partial charge in [0.15, 0.2) is 11.5 Å². The maximum absolute atomic E-state index is 13.5. The van der Waals surface area contributed by atoms with Gasteiger partial charge >= 0.3 is 12.1 Å². The Labute approximate surface area is 202 Å². The SMILES string of the molecule is Cc1noc(C(CC(=O)O)NC(=O)OC(C)(C)C)c1-c1c(C(=O)C2CCOCC2)sc(C)c1C. The molecular formula is C24H32N2O7S. The fourth-order valence-electron chi connectivity index (χ4n) is 4.01. The molecule has 9 nitrogen and oxygen atoms in total. The minimum Gasteiger partial charge on any atom is -0.481 e. The van der Waals surface area contributed by atoms with Crippen molar-refractivity contribution in [2.75, 3.05) is 13.2 Å². The van der Waals surface area contributed by atoms with E-state index in [-0.39, 0.29) is 17.5 Å². The van der Waals surface area contributed by atoms with Crippen LogP contribution in [0.25, 0.3) is 11.1 Å². The summed E-state index contributed by atoms with van der Waals surface area (Å²) in [7, 11) is 0. The number of hydrogen-bond acceptors (Lipinski definition) is 8. The molecule has 0 radical (unpaired) electrons. The summed E-state index contributed by atoms with van der Waals surface area (Å²) in [6, 6.07) is -1.03. The van der Waals surface area contributed by atoms with Crippen molar-refractivity contribution in [3.05, 3.63) is 26.8 Å². The van der Waals surface area contributed by atoms with E-state index in [1.807, 2.05) is 13.8 Å². The van der Waals surface area contributed by atoms with Gasteiger partial charge < -0.3 is 24.4 Å². The predicted molar refractivity (Wildman–Crippen MR) is 126 cm³/mol. The minimum absolute atomic E-state index is 0.0425. The number of hydrogen-bond donors (Lipinski definition) is 2. The van der Waals surface area contributed by atoms with Crippen LogP contribution in [-0.2, 0) is 14.3 Å². The second-order valence-corrected chi connectivity index (χ2v) is 10.8. The van der Waals surface area contributed by atoms with Gasteiger partial charge in [0.05, 0.1) is 22.6 Å². The average molecular weight is 493 g/mol. The topological polar surface area (TPSA) is 128 Å². The molecule has 1 fully saturated rings. The van der Waals surface area contributed by atoms with Crippen LogP contribution in [0.2, 0.25) is 0 Å². The first-order valence-electron chi connectivity index (χ1n) is 11.3. The van der Waals surface area contributed by atoms with Gasteiger partial charge in [0.25, 0.3) is 0 Å². The maximum atomic E-state index is 13.5. The molecule has 1 atom stereocenters. The first-order chi connectivity index (χ1) is 15.9. The van der Waals surface area contributed by atoms with Crippen LogP contribution in [0.5, 0.6) is 0 Å². The van der Waals surface area contributed by atoms with Crippen molar-refractivity contribution in [2.24, 2.45) is 5.92 Å². The van der Waals surface area contributed by atoms with Crippen LogP contribution in [0, 0.1) is 26.7 Å². The van der Waals surface area contributed by atoms with E-state index in [4.69, 9.17) is 14.0 Å². The van der Waals surface area contributed by atoms with Gasteiger partial charge in [0.1, 0.15) is 11.6 Å². The summed E-state index contributed by atoms with van der Waals surface area (Å²) in [4.78, 5) is 39.2. The van der Waals surface area contributed by atoms with E-state index in [0.717, 1.165) is 10.4 Å². The summed E-state index contributed by atoms with van der Waals surface area (Å²) in [6.45, 7) is 11.9. The van der Waals surface area contributed by atoms with E-state index in [1.54, 1.807) is 27.7 Å². The number of carboxylic acid groups (broad SMARTS) is 1. The molecule has 3 rings (SSSR count). The molecule has 0 spiro atoms. The predicted octanol–water partition coefficient (Wildman–Crippen LogP) is 4.98. The van der Waals surface area contributed by atoms with E-state index in [1.165, 1.54) is 11.3 Å². The number of aliphatic carboxylic acids is 1. The number of rotatable bonds is 7. The number of carbonyl (C=O) groups is 3. The van der Waals surface area contributed by atoms with E-state index in [0.29, 0.717) is 47.8 Å². The molecular weight excluding hydrogens is 460 g/mol. The van der Waals surface area contributed by atoms with Gasteiger partial charge in [-0.25, -0.2) is 4.79 Å². The van der Waals surface area contributed by atoms with Crippen LogP contribution in [0.4, 0.5) is 4.79 Å². The van der Waals surface area contributed by atoms with Gasteiger partial charge in [-0.3, -0.25) is 9.59 Å². The molecule has 3 heterocycles. The van der Waals surface area contributed by atoms with Gasteiger partial charge in [0.2, 0.25) is 0 Å². The minimum atomic E-state index is -1.13. The number of ketones is 1. The van der Waals surface area contributed by atoms with Gasteiger partial charge in [-0.15, -0.1) is 11.3 Å². The third-order valence-electron chi connectivity index (χ3n) is 5.73. The quantitative estimate of drug-likeness (QED) is 0.518. The number of carboxylic acids is 1. The molecule has 2 aromatic rings. The van der Waals surface area contributed by atoms with E-state index >= 15 is 0 Å². The van der Waals surface area contributed by atoms with Crippen LogP contribution in [0.1, 0.15) is 77.6 Å². The molecule has 1 aliphatic heterocycles. The lowest BCUT2D eigenvalue weighted by Crippen LogP contribution is -2.35. The van der Waals surface area contributed by atoms with Crippen molar-refractivity contribution in [1.82, 2.24) is 10.5 Å². The molecule has 10 heteroatoms. The largest absolute Gasteiger partial charge is 0.481 e. The van der Waals surface area contributed by atoms with E-state index in [9.17, 15) is 19.5 Å². The zero-order chi connectivity index (χ0) is 25.2. The number of alkyl carbamates (subject to hydrolysis) is 1. The highest BCUT2D eigenvalue weighted by Crippen LogP contribution is 2.43. The summed E-state index contributed by atoms with van der Waals surface area (Å²) in [6.07, 6.45) is 0.110. The zero-order valence-corrected chi connectivity index (χ0v) is 21.3. The molecule has 0 bridgehead atoms. The third-order valence-corrected chi connectivity index (χ3v) is 6.95. The van der Waals surface area contributed by atoms with Gasteiger partial charge in [-0.05, 0) is 59.9 Å². The first kappa shape index (κ1) is 25.9. The van der Waals surface area contributed by atoms with Crippen molar-refractivity contribution in [1.29, 1.82) is 0 Å². The molecule has 2 N–H and O–H groups in total. The number of Topliss-reactive ketones (excluding diaryl/α,β-unsaturated/α-hetero) is 1. The lowest BCUT2D eigenvalue weighted by Gasteiger charge is -2.23. The van der Waals surface area contributed by atoms with Crippen molar-refractivity contribution >= 4 is 29.2 Å². The molecule has 0 aromatic carbocycles. The highest BCUT2D eigenvalue weighted by atomic mass is 32.1. The molecule has 34 heavy (non-hydrogen) atoms. The Kier molecular flexibility index (Phi) is 7.82. The highest BCUT2D eigenvalue weighted by molar-refractivity contribution is 7.14. The van der Waals surface area contributed by atoms with Crippen molar-refractivity contribution < 1.29 is 33.5 Å². The normalized spacial score (nSPS) is 15.7. The molecule has 1 unspecified atom stereocenters. The van der Waals surface area contributed by atoms with Crippen LogP contribution in [0.3, 0.4) is 0 Å². The van der Waals surface area contributed by atoms with Crippen molar-refractivity contribution in [3.63, 3.8) is 0 Å². The maximum Gasteiger partial charge on any atom is 0.408 e. The number of aryl methyl sites for hydroxylation is 2. The summed E-state index contributed by atoms with van der Waals surface area (Å²) in [5, 5.41) is 16.2. The number of carbonyl (C=O) groups excluding carboxylic acids is 2. The Morgan fingerprint density at radius 1 is 1.18 bits per heavy atom. The second-order valence-electron chi connectivity index (χ2n) is 9.54. The first-order valence-corrected chi connectivity index (χ1v) is 12.1. The molecule has 186 valence electrons. The van der Waals surface area contributed by atoms with E-state index in [2.05, 4.69) is 10.5 Å². The van der Waals surface area contributed by atoms with Crippen LogP contribution >= 0.6 is 11.3 Å². The molecule has 1 aliphatic rings. The van der Waals surface area contributed by atoms with Crippen molar-refractivity contribution in [3.8, 4) is 11.1 Å². The number of aromatic nitrogens is 1. The summed E-state index contributed by atoms with van der Waals surface area (Å²) >= 11 is 1.42. The summed E-state index contributed by atoms with van der Waals surface area (Å²) in [5.74, 6) is -1.03. The number of nitrogens with zero attached hydrogens (tertiary/aromatic N) is 1. The average Bonchev–Trinajstić information content (AvgIpc) is 3.25. The second kappa shape index (κ2) is 10.3. The number of ether oxygens (including phenoxy) is 2. The Morgan fingerprint density at radius 2 is 1.82 bits per heavy atom. The smallest absolute Gasteiger partial charge is 0.408 e. The Bertz CT molecular complexity index is 1070. The van der Waals surface area contributed by atoms with Crippen molar-refractivity contribution in [2.45, 2.75) is 72.4 Å². The molecule has 0 saturated carbocycles. The number of amides is 1.